The van der Waals surface area contributed by atoms with E-state index in [1.807, 2.05) is 34.7 Å². The third-order valence-corrected chi connectivity index (χ3v) is 4.96. The van der Waals surface area contributed by atoms with Crippen LogP contribution in [-0.4, -0.2) is 21.8 Å². The number of hydrogen-bond donors (Lipinski definition) is 0. The highest BCUT2D eigenvalue weighted by Gasteiger charge is 2.34. The van der Waals surface area contributed by atoms with E-state index in [2.05, 4.69) is 20.9 Å². The molecule has 0 atom stereocenters. The van der Waals surface area contributed by atoms with Gasteiger partial charge in [-0.25, -0.2) is 0 Å². The van der Waals surface area contributed by atoms with Gasteiger partial charge >= 0.3 is 0 Å². The van der Waals surface area contributed by atoms with E-state index in [4.69, 9.17) is 0 Å². The van der Waals surface area contributed by atoms with Crippen LogP contribution in [0.1, 0.15) is 28.1 Å². The molecule has 1 amide bonds. The molecule has 2 heterocycles. The summed E-state index contributed by atoms with van der Waals surface area (Å²) in [6, 6.07) is 6.24. The molecule has 0 aliphatic heterocycles. The second-order valence-corrected chi connectivity index (χ2v) is 6.39. The monoisotopic (exact) mass is 336 g/mol. The Bertz CT molecular complexity index is 580. The first-order chi connectivity index (χ1) is 9.25. The van der Waals surface area contributed by atoms with Gasteiger partial charge in [-0.1, -0.05) is 6.07 Å². The van der Waals surface area contributed by atoms with E-state index in [0.717, 1.165) is 27.8 Å². The van der Waals surface area contributed by atoms with Gasteiger partial charge in [-0.15, -0.1) is 11.3 Å². The molecule has 5 heteroatoms. The van der Waals surface area contributed by atoms with Gasteiger partial charge in [0.15, 0.2) is 0 Å². The van der Waals surface area contributed by atoms with Crippen molar-refractivity contribution in [2.24, 2.45) is 0 Å². The summed E-state index contributed by atoms with van der Waals surface area (Å²) in [4.78, 5) is 19.5. The molecule has 1 saturated carbocycles. The van der Waals surface area contributed by atoms with Crippen LogP contribution >= 0.6 is 27.3 Å². The fraction of sp³-hybridized carbons (Fsp3) is 0.286. The highest BCUT2D eigenvalue weighted by molar-refractivity contribution is 9.10. The fourth-order valence-corrected chi connectivity index (χ4v) is 3.51. The van der Waals surface area contributed by atoms with E-state index in [9.17, 15) is 4.79 Å². The van der Waals surface area contributed by atoms with E-state index in [1.54, 1.807) is 6.20 Å². The molecule has 0 bridgehead atoms. The number of carbonyl (C=O) groups is 1. The molecule has 1 aliphatic carbocycles. The van der Waals surface area contributed by atoms with Gasteiger partial charge in [-0.3, -0.25) is 9.78 Å². The van der Waals surface area contributed by atoms with Gasteiger partial charge in [0, 0.05) is 29.5 Å². The molecule has 3 nitrogen and oxygen atoms in total. The Morgan fingerprint density at radius 3 is 2.89 bits per heavy atom. The number of thiophene rings is 1. The maximum atomic E-state index is 12.6. The summed E-state index contributed by atoms with van der Waals surface area (Å²) in [5.74, 6) is 0.119. The summed E-state index contributed by atoms with van der Waals surface area (Å²) in [5, 5.41) is 1.94. The van der Waals surface area contributed by atoms with Gasteiger partial charge in [0.25, 0.3) is 5.91 Å². The quantitative estimate of drug-likeness (QED) is 0.852. The maximum absolute atomic E-state index is 12.6. The normalized spacial score (nSPS) is 14.4. The maximum Gasteiger partial charge on any atom is 0.265 e. The third-order valence-electron chi connectivity index (χ3n) is 3.14. The first-order valence-electron chi connectivity index (χ1n) is 6.18. The van der Waals surface area contributed by atoms with Crippen LogP contribution in [0.2, 0.25) is 0 Å². The first-order valence-corrected chi connectivity index (χ1v) is 7.86. The van der Waals surface area contributed by atoms with Crippen LogP contribution in [0.3, 0.4) is 0 Å². The van der Waals surface area contributed by atoms with E-state index in [1.165, 1.54) is 11.3 Å². The van der Waals surface area contributed by atoms with E-state index < -0.39 is 0 Å². The summed E-state index contributed by atoms with van der Waals surface area (Å²) in [6.45, 7) is 0.641. The van der Waals surface area contributed by atoms with Gasteiger partial charge in [0.2, 0.25) is 0 Å². The average Bonchev–Trinajstić information content (AvgIpc) is 3.18. The molecular weight excluding hydrogens is 324 g/mol. The molecule has 0 radical (unpaired) electrons. The number of halogens is 1. The van der Waals surface area contributed by atoms with Crippen molar-refractivity contribution in [3.05, 3.63) is 50.9 Å². The van der Waals surface area contributed by atoms with Crippen molar-refractivity contribution in [3.8, 4) is 0 Å². The number of rotatable bonds is 4. The first kappa shape index (κ1) is 12.8. The molecule has 19 heavy (non-hydrogen) atoms. The van der Waals surface area contributed by atoms with Gasteiger partial charge in [0.05, 0.1) is 0 Å². The Kier molecular flexibility index (Phi) is 3.66. The van der Waals surface area contributed by atoms with E-state index in [-0.39, 0.29) is 5.91 Å². The Labute approximate surface area is 124 Å². The molecule has 0 spiro atoms. The zero-order valence-electron chi connectivity index (χ0n) is 10.3. The Morgan fingerprint density at radius 1 is 1.47 bits per heavy atom. The molecule has 0 unspecified atom stereocenters. The second-order valence-electron chi connectivity index (χ2n) is 4.62. The molecule has 2 aromatic heterocycles. The molecule has 0 saturated heterocycles. The minimum absolute atomic E-state index is 0.119. The van der Waals surface area contributed by atoms with Crippen LogP contribution in [0.15, 0.2) is 40.4 Å². The molecule has 3 rings (SSSR count). The Balaban J connectivity index is 1.82. The molecular formula is C14H13BrN2OS. The lowest BCUT2D eigenvalue weighted by molar-refractivity contribution is 0.0734. The smallest absolute Gasteiger partial charge is 0.265 e. The van der Waals surface area contributed by atoms with Crippen molar-refractivity contribution in [2.45, 2.75) is 25.4 Å². The zero-order valence-corrected chi connectivity index (χ0v) is 12.7. The highest BCUT2D eigenvalue weighted by atomic mass is 79.9. The predicted octanol–water partition coefficient (Wildman–Crippen LogP) is 3.71. The molecule has 2 aromatic rings. The number of carbonyl (C=O) groups excluding carboxylic acids is 1. The van der Waals surface area contributed by atoms with Crippen LogP contribution in [0.4, 0.5) is 0 Å². The van der Waals surface area contributed by atoms with Crippen molar-refractivity contribution < 1.29 is 4.79 Å². The lowest BCUT2D eigenvalue weighted by Crippen LogP contribution is -2.32. The number of nitrogens with zero attached hydrogens (tertiary/aromatic N) is 2. The summed E-state index contributed by atoms with van der Waals surface area (Å²) >= 11 is 4.93. The highest BCUT2D eigenvalue weighted by Crippen LogP contribution is 2.32. The zero-order chi connectivity index (χ0) is 13.2. The lowest BCUT2D eigenvalue weighted by atomic mass is 10.2. The van der Waals surface area contributed by atoms with Gasteiger partial charge in [0.1, 0.15) is 4.88 Å². The molecule has 98 valence electrons. The van der Waals surface area contributed by atoms with Crippen LogP contribution in [-0.2, 0) is 6.54 Å². The third kappa shape index (κ3) is 2.87. The second kappa shape index (κ2) is 5.43. The minimum Gasteiger partial charge on any atom is -0.331 e. The summed E-state index contributed by atoms with van der Waals surface area (Å²) in [6.07, 6.45) is 5.79. The minimum atomic E-state index is 0.119. The lowest BCUT2D eigenvalue weighted by Gasteiger charge is -2.22. The van der Waals surface area contributed by atoms with Crippen molar-refractivity contribution in [3.63, 3.8) is 0 Å². The average molecular weight is 337 g/mol. The molecule has 0 aromatic carbocycles. The molecule has 1 aliphatic rings. The number of hydrogen-bond acceptors (Lipinski definition) is 3. The van der Waals surface area contributed by atoms with Crippen LogP contribution < -0.4 is 0 Å². The SMILES string of the molecule is O=C(c1sccc1Br)N(Cc1cccnc1)C1CC1. The standard InChI is InChI=1S/C14H13BrN2OS/c15-12-5-7-19-13(12)14(18)17(11-3-4-11)9-10-2-1-6-16-8-10/h1-2,5-8,11H,3-4,9H2. The van der Waals surface area contributed by atoms with Gasteiger partial charge in [-0.05, 0) is 51.8 Å². The van der Waals surface area contributed by atoms with Crippen molar-refractivity contribution >= 4 is 33.2 Å². The number of aromatic nitrogens is 1. The van der Waals surface area contributed by atoms with Gasteiger partial charge < -0.3 is 4.90 Å². The van der Waals surface area contributed by atoms with Crippen molar-refractivity contribution in [1.29, 1.82) is 0 Å². The molecule has 0 N–H and O–H groups in total. The largest absolute Gasteiger partial charge is 0.331 e. The van der Waals surface area contributed by atoms with Crippen molar-refractivity contribution in [1.82, 2.24) is 9.88 Å². The predicted molar refractivity (Wildman–Crippen MR) is 79.2 cm³/mol. The Hall–Kier alpha value is -1.20. The Morgan fingerprint density at radius 2 is 2.32 bits per heavy atom. The van der Waals surface area contributed by atoms with Crippen LogP contribution in [0, 0.1) is 0 Å². The van der Waals surface area contributed by atoms with E-state index in [0.29, 0.717) is 12.6 Å². The molecule has 1 fully saturated rings. The van der Waals surface area contributed by atoms with Crippen LogP contribution in [0.25, 0.3) is 0 Å². The van der Waals surface area contributed by atoms with Crippen LogP contribution in [0.5, 0.6) is 0 Å². The topological polar surface area (TPSA) is 33.2 Å². The number of pyridine rings is 1. The van der Waals surface area contributed by atoms with E-state index >= 15 is 0 Å². The summed E-state index contributed by atoms with van der Waals surface area (Å²) < 4.78 is 0.888. The van der Waals surface area contributed by atoms with Crippen molar-refractivity contribution in [2.75, 3.05) is 0 Å². The number of amides is 1. The fourth-order valence-electron chi connectivity index (χ4n) is 2.02. The summed E-state index contributed by atoms with van der Waals surface area (Å²) in [7, 11) is 0. The van der Waals surface area contributed by atoms with Gasteiger partial charge in [-0.2, -0.15) is 0 Å². The summed E-state index contributed by atoms with van der Waals surface area (Å²) in [5.41, 5.74) is 1.08.